The molecule has 0 aromatic heterocycles. The van der Waals surface area contributed by atoms with E-state index in [0.717, 1.165) is 17.5 Å². The number of rotatable bonds is 6. The molecule has 0 fully saturated rings. The Morgan fingerprint density at radius 2 is 1.70 bits per heavy atom. The zero-order chi connectivity index (χ0) is 16.8. The van der Waals surface area contributed by atoms with Crippen molar-refractivity contribution in [1.82, 2.24) is 5.32 Å². The predicted octanol–water partition coefficient (Wildman–Crippen LogP) is 4.96. The molecule has 2 rings (SSSR count). The largest absolute Gasteiger partial charge is 0.351 e. The van der Waals surface area contributed by atoms with Crippen LogP contribution >= 0.6 is 11.6 Å². The molecular weight excluding hydrogens is 306 g/mol. The van der Waals surface area contributed by atoms with Crippen LogP contribution in [0.3, 0.4) is 0 Å². The maximum absolute atomic E-state index is 12.3. The van der Waals surface area contributed by atoms with Gasteiger partial charge in [-0.05, 0) is 42.0 Å². The van der Waals surface area contributed by atoms with Gasteiger partial charge in [-0.25, -0.2) is 0 Å². The number of carbonyl (C=O) groups excluding carboxylic acids is 1. The van der Waals surface area contributed by atoms with Gasteiger partial charge in [-0.3, -0.25) is 4.79 Å². The van der Waals surface area contributed by atoms with Gasteiger partial charge in [0.15, 0.2) is 0 Å². The second-order valence-corrected chi connectivity index (χ2v) is 6.78. The lowest BCUT2D eigenvalue weighted by molar-refractivity contribution is -0.122. The van der Waals surface area contributed by atoms with Crippen molar-refractivity contribution < 1.29 is 4.79 Å². The monoisotopic (exact) mass is 329 g/mol. The van der Waals surface area contributed by atoms with E-state index in [1.165, 1.54) is 5.56 Å². The summed E-state index contributed by atoms with van der Waals surface area (Å²) >= 11 is 6.11. The van der Waals surface area contributed by atoms with Gasteiger partial charge in [0.1, 0.15) is 0 Å². The number of hydrogen-bond donors (Lipinski definition) is 1. The molecule has 1 amide bonds. The van der Waals surface area contributed by atoms with E-state index >= 15 is 0 Å². The fraction of sp³-hybridized carbons (Fsp3) is 0.350. The molecule has 2 aromatic carbocycles. The van der Waals surface area contributed by atoms with Gasteiger partial charge in [0, 0.05) is 11.6 Å². The van der Waals surface area contributed by atoms with Gasteiger partial charge in [-0.15, -0.1) is 0 Å². The Labute approximate surface area is 143 Å². The highest BCUT2D eigenvalue weighted by molar-refractivity contribution is 6.31. The van der Waals surface area contributed by atoms with Crippen LogP contribution in [0.25, 0.3) is 0 Å². The molecule has 2 nitrogen and oxygen atoms in total. The zero-order valence-electron chi connectivity index (χ0n) is 14.0. The third-order valence-electron chi connectivity index (χ3n) is 3.93. The first-order valence-corrected chi connectivity index (χ1v) is 8.45. The molecule has 122 valence electrons. The lowest BCUT2D eigenvalue weighted by Gasteiger charge is -2.14. The van der Waals surface area contributed by atoms with Gasteiger partial charge in [0.05, 0.1) is 5.92 Å². The summed E-state index contributed by atoms with van der Waals surface area (Å²) in [6, 6.07) is 15.9. The Morgan fingerprint density at radius 1 is 1.04 bits per heavy atom. The molecule has 0 spiro atoms. The second-order valence-electron chi connectivity index (χ2n) is 6.37. The summed E-state index contributed by atoms with van der Waals surface area (Å²) in [5.74, 6) is 0.476. The van der Waals surface area contributed by atoms with Crippen LogP contribution in [0.15, 0.2) is 48.5 Å². The van der Waals surface area contributed by atoms with Gasteiger partial charge in [0.2, 0.25) is 5.91 Å². The lowest BCUT2D eigenvalue weighted by atomic mass is 9.96. The predicted molar refractivity (Wildman–Crippen MR) is 96.7 cm³/mol. The second kappa shape index (κ2) is 8.16. The topological polar surface area (TPSA) is 29.1 Å². The molecule has 0 aliphatic carbocycles. The van der Waals surface area contributed by atoms with E-state index in [1.807, 2.05) is 31.2 Å². The summed E-state index contributed by atoms with van der Waals surface area (Å²) in [6.45, 7) is 6.80. The molecule has 0 saturated heterocycles. The van der Waals surface area contributed by atoms with Crippen LogP contribution in [0.4, 0.5) is 0 Å². The molecule has 0 bridgehead atoms. The van der Waals surface area contributed by atoms with Crippen LogP contribution in [-0.4, -0.2) is 5.91 Å². The van der Waals surface area contributed by atoms with Crippen molar-refractivity contribution in [2.24, 2.45) is 5.92 Å². The fourth-order valence-corrected chi connectivity index (χ4v) is 2.74. The van der Waals surface area contributed by atoms with Crippen LogP contribution < -0.4 is 5.32 Å². The molecule has 1 N–H and O–H groups in total. The third kappa shape index (κ3) is 5.11. The van der Waals surface area contributed by atoms with E-state index in [9.17, 15) is 4.79 Å². The average molecular weight is 330 g/mol. The minimum absolute atomic E-state index is 0.0153. The van der Waals surface area contributed by atoms with E-state index in [2.05, 4.69) is 43.4 Å². The molecule has 0 radical (unpaired) electrons. The van der Waals surface area contributed by atoms with Crippen LogP contribution in [0.1, 0.15) is 43.4 Å². The highest BCUT2D eigenvalue weighted by Gasteiger charge is 2.15. The van der Waals surface area contributed by atoms with E-state index in [-0.39, 0.29) is 11.8 Å². The van der Waals surface area contributed by atoms with Crippen LogP contribution in [0, 0.1) is 5.92 Å². The minimum atomic E-state index is -0.175. The molecular formula is C20H24ClNO. The van der Waals surface area contributed by atoms with Crippen LogP contribution in [-0.2, 0) is 17.8 Å². The maximum atomic E-state index is 12.3. The molecule has 1 atom stereocenters. The molecule has 0 aliphatic heterocycles. The Bertz CT molecular complexity index is 649. The molecule has 1 unspecified atom stereocenters. The fourth-order valence-electron chi connectivity index (χ4n) is 2.54. The Morgan fingerprint density at radius 3 is 2.30 bits per heavy atom. The normalized spacial score (nSPS) is 12.2. The highest BCUT2D eigenvalue weighted by atomic mass is 35.5. The number of hydrogen-bond acceptors (Lipinski definition) is 1. The van der Waals surface area contributed by atoms with Crippen LogP contribution in [0.2, 0.25) is 5.02 Å². The van der Waals surface area contributed by atoms with Crippen molar-refractivity contribution in [1.29, 1.82) is 0 Å². The zero-order valence-corrected chi connectivity index (χ0v) is 14.7. The SMILES string of the molecule is CC(C)Cc1ccc(C(C)C(=O)NCc2ccccc2Cl)cc1. The summed E-state index contributed by atoms with van der Waals surface area (Å²) < 4.78 is 0. The van der Waals surface area contributed by atoms with Gasteiger partial charge in [0.25, 0.3) is 0 Å². The van der Waals surface area contributed by atoms with Crippen molar-refractivity contribution in [2.75, 3.05) is 0 Å². The number of halogens is 1. The number of nitrogens with one attached hydrogen (secondary N) is 1. The van der Waals surface area contributed by atoms with Crippen molar-refractivity contribution in [3.8, 4) is 0 Å². The van der Waals surface area contributed by atoms with Crippen molar-refractivity contribution in [2.45, 2.75) is 39.7 Å². The number of amides is 1. The summed E-state index contributed by atoms with van der Waals surface area (Å²) in [4.78, 5) is 12.3. The quantitative estimate of drug-likeness (QED) is 0.797. The molecule has 0 aliphatic rings. The first-order chi connectivity index (χ1) is 11.0. The summed E-state index contributed by atoms with van der Waals surface area (Å²) in [5.41, 5.74) is 3.28. The first-order valence-electron chi connectivity index (χ1n) is 8.07. The van der Waals surface area contributed by atoms with Gasteiger partial charge < -0.3 is 5.32 Å². The van der Waals surface area contributed by atoms with E-state index < -0.39 is 0 Å². The molecule has 2 aromatic rings. The molecule has 23 heavy (non-hydrogen) atoms. The summed E-state index contributed by atoms with van der Waals surface area (Å²) in [5, 5.41) is 3.64. The standard InChI is InChI=1S/C20H24ClNO/c1-14(2)12-16-8-10-17(11-9-16)15(3)20(23)22-13-18-6-4-5-7-19(18)21/h4-11,14-15H,12-13H2,1-3H3,(H,22,23). The molecule has 0 saturated carbocycles. The molecule has 3 heteroatoms. The van der Waals surface area contributed by atoms with Crippen molar-refractivity contribution in [3.05, 3.63) is 70.2 Å². The lowest BCUT2D eigenvalue weighted by Crippen LogP contribution is -2.27. The van der Waals surface area contributed by atoms with Crippen molar-refractivity contribution in [3.63, 3.8) is 0 Å². The average Bonchev–Trinajstić information content (AvgIpc) is 2.53. The Balaban J connectivity index is 1.95. The third-order valence-corrected chi connectivity index (χ3v) is 4.30. The van der Waals surface area contributed by atoms with Gasteiger partial charge in [-0.1, -0.05) is 67.9 Å². The smallest absolute Gasteiger partial charge is 0.227 e. The summed E-state index contributed by atoms with van der Waals surface area (Å²) in [6.07, 6.45) is 1.06. The van der Waals surface area contributed by atoms with E-state index in [4.69, 9.17) is 11.6 Å². The first kappa shape index (κ1) is 17.6. The number of carbonyl (C=O) groups is 1. The Kier molecular flexibility index (Phi) is 6.23. The van der Waals surface area contributed by atoms with Crippen LogP contribution in [0.5, 0.6) is 0 Å². The summed E-state index contributed by atoms with van der Waals surface area (Å²) in [7, 11) is 0. The van der Waals surface area contributed by atoms with Gasteiger partial charge in [-0.2, -0.15) is 0 Å². The van der Waals surface area contributed by atoms with E-state index in [0.29, 0.717) is 17.5 Å². The molecule has 0 heterocycles. The number of benzene rings is 2. The minimum Gasteiger partial charge on any atom is -0.351 e. The maximum Gasteiger partial charge on any atom is 0.227 e. The van der Waals surface area contributed by atoms with Gasteiger partial charge >= 0.3 is 0 Å². The highest BCUT2D eigenvalue weighted by Crippen LogP contribution is 2.19. The van der Waals surface area contributed by atoms with E-state index in [1.54, 1.807) is 0 Å². The van der Waals surface area contributed by atoms with Crippen molar-refractivity contribution >= 4 is 17.5 Å². The Hall–Kier alpha value is -1.80.